The second-order valence-corrected chi connectivity index (χ2v) is 7.39. The van der Waals surface area contributed by atoms with E-state index in [1.54, 1.807) is 6.07 Å². The lowest BCUT2D eigenvalue weighted by Crippen LogP contribution is -2.32. The lowest BCUT2D eigenvalue weighted by Gasteiger charge is -2.26. The third-order valence-electron chi connectivity index (χ3n) is 5.59. The van der Waals surface area contributed by atoms with Gasteiger partial charge in [0.25, 0.3) is 0 Å². The van der Waals surface area contributed by atoms with E-state index in [0.29, 0.717) is 5.75 Å². The molecule has 0 amide bonds. The molecule has 4 aromatic rings. The van der Waals surface area contributed by atoms with Gasteiger partial charge in [-0.25, -0.2) is 4.98 Å². The number of aromatic nitrogens is 3. The number of phenols is 1. The number of likely N-dealkylation sites (tertiary alicyclic amines) is 1. The number of halogens is 2. The molecular formula is C22H26Cl2N4O. The van der Waals surface area contributed by atoms with Gasteiger partial charge in [0.2, 0.25) is 5.78 Å². The lowest BCUT2D eigenvalue weighted by atomic mass is 10.1. The van der Waals surface area contributed by atoms with Crippen LogP contribution in [0.5, 0.6) is 5.75 Å². The lowest BCUT2D eigenvalue weighted by molar-refractivity contribution is 0.222. The zero-order valence-electron chi connectivity index (χ0n) is 16.2. The minimum Gasteiger partial charge on any atom is -0.508 e. The molecule has 1 saturated heterocycles. The summed E-state index contributed by atoms with van der Waals surface area (Å²) in [7, 11) is 0. The van der Waals surface area contributed by atoms with Crippen LogP contribution in [0.1, 0.15) is 19.3 Å². The first-order valence-corrected chi connectivity index (χ1v) is 9.78. The van der Waals surface area contributed by atoms with Crippen molar-refractivity contribution >= 4 is 41.6 Å². The molecule has 1 N–H and O–H groups in total. The third-order valence-corrected chi connectivity index (χ3v) is 5.59. The van der Waals surface area contributed by atoms with E-state index < -0.39 is 0 Å². The summed E-state index contributed by atoms with van der Waals surface area (Å²) in [6.07, 6.45) is 6.10. The van der Waals surface area contributed by atoms with Crippen LogP contribution in [0.3, 0.4) is 0 Å². The van der Waals surface area contributed by atoms with E-state index in [-0.39, 0.29) is 24.8 Å². The number of nitrogens with zero attached hydrogens (tertiary/aromatic N) is 4. The van der Waals surface area contributed by atoms with Crippen molar-refractivity contribution < 1.29 is 5.11 Å². The Hall–Kier alpha value is -2.21. The average molecular weight is 433 g/mol. The molecule has 5 nitrogen and oxygen atoms in total. The van der Waals surface area contributed by atoms with E-state index in [2.05, 4.69) is 38.3 Å². The van der Waals surface area contributed by atoms with Gasteiger partial charge in [-0.2, -0.15) is 0 Å². The van der Waals surface area contributed by atoms with E-state index in [1.165, 1.54) is 32.4 Å². The smallest absolute Gasteiger partial charge is 0.215 e. The van der Waals surface area contributed by atoms with Crippen molar-refractivity contribution in [1.82, 2.24) is 18.9 Å². The molecule has 7 heteroatoms. The predicted molar refractivity (Wildman–Crippen MR) is 123 cm³/mol. The molecule has 3 heterocycles. The highest BCUT2D eigenvalue weighted by atomic mass is 35.5. The van der Waals surface area contributed by atoms with Gasteiger partial charge in [-0.3, -0.25) is 4.40 Å². The number of aromatic hydroxyl groups is 1. The summed E-state index contributed by atoms with van der Waals surface area (Å²) < 4.78 is 4.47. The number of hydrogen-bond acceptors (Lipinski definition) is 3. The zero-order valence-corrected chi connectivity index (χ0v) is 17.8. The number of phenolic OH excluding ortho intramolecular Hbond substituents is 1. The van der Waals surface area contributed by atoms with Crippen LogP contribution in [0.15, 0.2) is 54.7 Å². The van der Waals surface area contributed by atoms with Gasteiger partial charge >= 0.3 is 0 Å². The second-order valence-electron chi connectivity index (χ2n) is 7.39. The maximum absolute atomic E-state index is 9.96. The number of fused-ring (bicyclic) bond motifs is 3. The molecule has 29 heavy (non-hydrogen) atoms. The summed E-state index contributed by atoms with van der Waals surface area (Å²) in [5.41, 5.74) is 4.24. The van der Waals surface area contributed by atoms with Gasteiger partial charge in [-0.15, -0.1) is 24.8 Å². The standard InChI is InChI=1S/C22H24N4O.2ClH/c27-18-8-6-7-17(15-18)21-16-26-20-10-3-2-9-19(20)23-22(26)25(21)14-13-24-11-4-1-5-12-24;;/h2-3,6-10,15-16,27H,1,4-5,11-14H2;2*1H. The van der Waals surface area contributed by atoms with Gasteiger partial charge in [0.15, 0.2) is 0 Å². The molecule has 0 aliphatic carbocycles. The Morgan fingerprint density at radius 3 is 2.48 bits per heavy atom. The Morgan fingerprint density at radius 2 is 1.69 bits per heavy atom. The molecular weight excluding hydrogens is 407 g/mol. The zero-order chi connectivity index (χ0) is 18.2. The first-order chi connectivity index (χ1) is 13.3. The van der Waals surface area contributed by atoms with E-state index in [4.69, 9.17) is 4.98 Å². The van der Waals surface area contributed by atoms with Gasteiger partial charge in [0.1, 0.15) is 5.75 Å². The topological polar surface area (TPSA) is 45.7 Å². The molecule has 0 atom stereocenters. The molecule has 2 aromatic carbocycles. The molecule has 0 spiro atoms. The second kappa shape index (κ2) is 9.08. The van der Waals surface area contributed by atoms with Crippen LogP contribution in [0, 0.1) is 0 Å². The number of hydrogen-bond donors (Lipinski definition) is 1. The molecule has 1 fully saturated rings. The Bertz CT molecular complexity index is 1100. The van der Waals surface area contributed by atoms with Gasteiger partial charge in [0.05, 0.1) is 16.7 Å². The third kappa shape index (κ3) is 4.08. The van der Waals surface area contributed by atoms with Crippen molar-refractivity contribution in [1.29, 1.82) is 0 Å². The first-order valence-electron chi connectivity index (χ1n) is 9.78. The minimum absolute atomic E-state index is 0. The molecule has 154 valence electrons. The minimum atomic E-state index is 0. The number of para-hydroxylation sites is 2. The van der Waals surface area contributed by atoms with Crippen LogP contribution in [0.25, 0.3) is 28.1 Å². The van der Waals surface area contributed by atoms with Gasteiger partial charge < -0.3 is 14.6 Å². The fourth-order valence-corrected chi connectivity index (χ4v) is 4.19. The van der Waals surface area contributed by atoms with Crippen LogP contribution in [0.2, 0.25) is 0 Å². The fourth-order valence-electron chi connectivity index (χ4n) is 4.19. The molecule has 0 saturated carbocycles. The molecule has 1 aliphatic heterocycles. The number of imidazole rings is 2. The van der Waals surface area contributed by atoms with E-state index >= 15 is 0 Å². The largest absolute Gasteiger partial charge is 0.508 e. The van der Waals surface area contributed by atoms with E-state index in [1.807, 2.05) is 24.3 Å². The summed E-state index contributed by atoms with van der Waals surface area (Å²) in [6.45, 7) is 4.30. The Morgan fingerprint density at radius 1 is 0.897 bits per heavy atom. The summed E-state index contributed by atoms with van der Waals surface area (Å²) in [5.74, 6) is 1.25. The predicted octanol–water partition coefficient (Wildman–Crippen LogP) is 4.99. The highest BCUT2D eigenvalue weighted by molar-refractivity contribution is 5.85. The Kier molecular flexibility index (Phi) is 6.73. The van der Waals surface area contributed by atoms with Crippen molar-refractivity contribution in [3.63, 3.8) is 0 Å². The normalized spacial score (nSPS) is 14.6. The Labute approximate surface area is 182 Å². The van der Waals surface area contributed by atoms with Crippen molar-refractivity contribution in [3.8, 4) is 17.0 Å². The summed E-state index contributed by atoms with van der Waals surface area (Å²) in [5, 5.41) is 9.96. The van der Waals surface area contributed by atoms with Gasteiger partial charge in [-0.1, -0.05) is 30.7 Å². The number of rotatable bonds is 4. The van der Waals surface area contributed by atoms with E-state index in [0.717, 1.165) is 41.2 Å². The number of benzene rings is 2. The summed E-state index contributed by atoms with van der Waals surface area (Å²) >= 11 is 0. The van der Waals surface area contributed by atoms with Crippen LogP contribution >= 0.6 is 24.8 Å². The summed E-state index contributed by atoms with van der Waals surface area (Å²) in [4.78, 5) is 7.44. The molecule has 0 unspecified atom stereocenters. The quantitative estimate of drug-likeness (QED) is 0.493. The van der Waals surface area contributed by atoms with Gasteiger partial charge in [0, 0.05) is 24.8 Å². The monoisotopic (exact) mass is 432 g/mol. The van der Waals surface area contributed by atoms with Crippen LogP contribution in [-0.2, 0) is 6.54 Å². The van der Waals surface area contributed by atoms with Crippen LogP contribution < -0.4 is 0 Å². The maximum atomic E-state index is 9.96. The van der Waals surface area contributed by atoms with Gasteiger partial charge in [-0.05, 0) is 50.2 Å². The average Bonchev–Trinajstić information content (AvgIpc) is 3.23. The SMILES string of the molecule is Cl.Cl.Oc1cccc(-c2cn3c4ccccc4nc3n2CCN2CCCCC2)c1. The highest BCUT2D eigenvalue weighted by Crippen LogP contribution is 2.28. The summed E-state index contributed by atoms with van der Waals surface area (Å²) in [6, 6.07) is 15.7. The molecule has 5 rings (SSSR count). The fraction of sp³-hybridized carbons (Fsp3) is 0.318. The van der Waals surface area contributed by atoms with Crippen molar-refractivity contribution in [2.75, 3.05) is 19.6 Å². The number of piperidine rings is 1. The van der Waals surface area contributed by atoms with Crippen molar-refractivity contribution in [3.05, 3.63) is 54.7 Å². The molecule has 1 aliphatic rings. The van der Waals surface area contributed by atoms with E-state index in [9.17, 15) is 5.11 Å². The molecule has 0 radical (unpaired) electrons. The molecule has 0 bridgehead atoms. The Balaban J connectivity index is 0.00000120. The van der Waals surface area contributed by atoms with Crippen molar-refractivity contribution in [2.45, 2.75) is 25.8 Å². The van der Waals surface area contributed by atoms with Crippen LogP contribution in [-0.4, -0.2) is 43.6 Å². The van der Waals surface area contributed by atoms with Crippen LogP contribution in [0.4, 0.5) is 0 Å². The van der Waals surface area contributed by atoms with Crippen molar-refractivity contribution in [2.24, 2.45) is 0 Å². The highest BCUT2D eigenvalue weighted by Gasteiger charge is 2.17. The first kappa shape index (κ1) is 21.5. The maximum Gasteiger partial charge on any atom is 0.215 e. The molecule has 2 aromatic heterocycles.